The number of carbonyl (C=O) groups is 4. The van der Waals surface area contributed by atoms with E-state index in [0.717, 1.165) is 15.4 Å². The zero-order valence-electron chi connectivity index (χ0n) is 19.4. The number of hydrogen-bond acceptors (Lipinski definition) is 5. The number of rotatable bonds is 8. The van der Waals surface area contributed by atoms with Crippen molar-refractivity contribution >= 4 is 41.1 Å². The van der Waals surface area contributed by atoms with Gasteiger partial charge in [-0.3, -0.25) is 24.1 Å². The Kier molecular flexibility index (Phi) is 7.31. The van der Waals surface area contributed by atoms with Crippen LogP contribution in [0, 0.1) is 0 Å². The molecule has 3 aromatic rings. The summed E-state index contributed by atoms with van der Waals surface area (Å²) in [5, 5.41) is 2.84. The molecule has 1 N–H and O–H groups in total. The molecule has 1 atom stereocenters. The molecule has 3 aromatic carbocycles. The summed E-state index contributed by atoms with van der Waals surface area (Å²) in [6, 6.07) is 22.0. The summed E-state index contributed by atoms with van der Waals surface area (Å²) in [5.41, 5.74) is 2.01. The number of amides is 4. The van der Waals surface area contributed by atoms with Gasteiger partial charge in [-0.05, 0) is 36.1 Å². The minimum absolute atomic E-state index is 0.145. The molecule has 4 rings (SSSR count). The van der Waals surface area contributed by atoms with Crippen LogP contribution in [0.2, 0.25) is 0 Å². The molecule has 0 aromatic heterocycles. The van der Waals surface area contributed by atoms with E-state index < -0.39 is 23.8 Å². The van der Waals surface area contributed by atoms with Crippen molar-refractivity contribution < 1.29 is 19.2 Å². The van der Waals surface area contributed by atoms with Crippen LogP contribution in [0.1, 0.15) is 26.3 Å². The SMILES string of the molecule is CSc1ccccc1NC(=O)CN(C)C(=O)C(Cc1ccccc1)N1C(=O)c2ccccc2C1=O. The molecule has 8 heteroatoms. The quantitative estimate of drug-likeness (QED) is 0.387. The molecule has 0 fully saturated rings. The van der Waals surface area contributed by atoms with Gasteiger partial charge in [-0.15, -0.1) is 11.8 Å². The Morgan fingerprint density at radius 1 is 0.886 bits per heavy atom. The van der Waals surface area contributed by atoms with Crippen molar-refractivity contribution in [1.82, 2.24) is 9.80 Å². The molecule has 0 saturated heterocycles. The van der Waals surface area contributed by atoms with E-state index in [-0.39, 0.29) is 30.0 Å². The number of imide groups is 1. The summed E-state index contributed by atoms with van der Waals surface area (Å²) in [5.74, 6) is -1.88. The second-order valence-electron chi connectivity index (χ2n) is 8.17. The van der Waals surface area contributed by atoms with Crippen LogP contribution in [-0.2, 0) is 16.0 Å². The Morgan fingerprint density at radius 3 is 2.09 bits per heavy atom. The molecule has 4 amide bonds. The lowest BCUT2D eigenvalue weighted by atomic mass is 10.0. The van der Waals surface area contributed by atoms with E-state index in [4.69, 9.17) is 0 Å². The fourth-order valence-corrected chi connectivity index (χ4v) is 4.66. The van der Waals surface area contributed by atoms with E-state index in [2.05, 4.69) is 5.32 Å². The molecule has 178 valence electrons. The van der Waals surface area contributed by atoms with Crippen molar-refractivity contribution in [3.8, 4) is 0 Å². The van der Waals surface area contributed by atoms with Gasteiger partial charge in [-0.1, -0.05) is 54.6 Å². The summed E-state index contributed by atoms with van der Waals surface area (Å²) >= 11 is 1.50. The highest BCUT2D eigenvalue weighted by Crippen LogP contribution is 2.27. The van der Waals surface area contributed by atoms with Gasteiger partial charge in [0, 0.05) is 18.4 Å². The summed E-state index contributed by atoms with van der Waals surface area (Å²) < 4.78 is 0. The molecule has 0 aliphatic carbocycles. The number of carbonyl (C=O) groups excluding carboxylic acids is 4. The third-order valence-electron chi connectivity index (χ3n) is 5.83. The van der Waals surface area contributed by atoms with Crippen molar-refractivity contribution in [2.45, 2.75) is 17.4 Å². The molecule has 0 radical (unpaired) electrons. The van der Waals surface area contributed by atoms with Gasteiger partial charge in [0.25, 0.3) is 11.8 Å². The lowest BCUT2D eigenvalue weighted by molar-refractivity contribution is -0.136. The Morgan fingerprint density at radius 2 is 1.46 bits per heavy atom. The first-order chi connectivity index (χ1) is 16.9. The second kappa shape index (κ2) is 10.6. The van der Waals surface area contributed by atoms with Gasteiger partial charge in [-0.25, -0.2) is 0 Å². The zero-order chi connectivity index (χ0) is 24.9. The first-order valence-electron chi connectivity index (χ1n) is 11.1. The Labute approximate surface area is 208 Å². The van der Waals surface area contributed by atoms with E-state index in [0.29, 0.717) is 5.69 Å². The number of anilines is 1. The maximum Gasteiger partial charge on any atom is 0.262 e. The zero-order valence-corrected chi connectivity index (χ0v) is 20.2. The molecule has 0 saturated carbocycles. The summed E-state index contributed by atoms with van der Waals surface area (Å²) in [6.07, 6.45) is 2.06. The average molecular weight is 488 g/mol. The van der Waals surface area contributed by atoms with Crippen LogP contribution in [0.5, 0.6) is 0 Å². The Bertz CT molecular complexity index is 1240. The lowest BCUT2D eigenvalue weighted by Crippen LogP contribution is -2.52. The fraction of sp³-hybridized carbons (Fsp3) is 0.185. The maximum absolute atomic E-state index is 13.6. The van der Waals surface area contributed by atoms with Crippen molar-refractivity contribution in [3.63, 3.8) is 0 Å². The van der Waals surface area contributed by atoms with Crippen LogP contribution < -0.4 is 5.32 Å². The van der Waals surface area contributed by atoms with Crippen molar-refractivity contribution in [2.24, 2.45) is 0 Å². The van der Waals surface area contributed by atoms with Gasteiger partial charge in [0.1, 0.15) is 6.04 Å². The summed E-state index contributed by atoms with van der Waals surface area (Å²) in [7, 11) is 1.50. The first-order valence-corrected chi connectivity index (χ1v) is 12.3. The highest BCUT2D eigenvalue weighted by molar-refractivity contribution is 7.98. The van der Waals surface area contributed by atoms with Crippen molar-refractivity contribution in [1.29, 1.82) is 0 Å². The van der Waals surface area contributed by atoms with Crippen molar-refractivity contribution in [2.75, 3.05) is 25.2 Å². The third-order valence-corrected chi connectivity index (χ3v) is 6.63. The predicted octanol–water partition coefficient (Wildman–Crippen LogP) is 3.71. The minimum atomic E-state index is -1.08. The van der Waals surface area contributed by atoms with Crippen LogP contribution in [0.3, 0.4) is 0 Å². The molecule has 0 spiro atoms. The number of benzene rings is 3. The van der Waals surface area contributed by atoms with Crippen LogP contribution in [0.25, 0.3) is 0 Å². The molecule has 1 aliphatic heterocycles. The van der Waals surface area contributed by atoms with Gasteiger partial charge < -0.3 is 10.2 Å². The monoisotopic (exact) mass is 487 g/mol. The largest absolute Gasteiger partial charge is 0.335 e. The van der Waals surface area contributed by atoms with Gasteiger partial charge in [0.2, 0.25) is 11.8 Å². The molecule has 1 unspecified atom stereocenters. The number of nitrogens with zero attached hydrogens (tertiary/aromatic N) is 2. The van der Waals surface area contributed by atoms with E-state index in [1.165, 1.54) is 23.7 Å². The van der Waals surface area contributed by atoms with E-state index in [1.807, 2.05) is 54.8 Å². The van der Waals surface area contributed by atoms with Crippen LogP contribution >= 0.6 is 11.8 Å². The Balaban J connectivity index is 1.56. The van der Waals surface area contributed by atoms with E-state index in [1.54, 1.807) is 30.3 Å². The molecule has 1 aliphatic rings. The number of thioether (sulfide) groups is 1. The fourth-order valence-electron chi connectivity index (χ4n) is 4.10. The molecule has 1 heterocycles. The smallest absolute Gasteiger partial charge is 0.262 e. The standard InChI is InChI=1S/C27H25N3O4S/c1-29(17-24(31)28-21-14-8-9-15-23(21)35-2)27(34)22(16-18-10-4-3-5-11-18)30-25(32)19-12-6-7-13-20(19)26(30)33/h3-15,22H,16-17H2,1-2H3,(H,28,31). The third kappa shape index (κ3) is 5.12. The molecular formula is C27H25N3O4S. The highest BCUT2D eigenvalue weighted by Gasteiger charge is 2.43. The van der Waals surface area contributed by atoms with Gasteiger partial charge in [0.05, 0.1) is 23.4 Å². The maximum atomic E-state index is 13.6. The normalized spacial score (nSPS) is 13.4. The second-order valence-corrected chi connectivity index (χ2v) is 9.02. The molecule has 7 nitrogen and oxygen atoms in total. The van der Waals surface area contributed by atoms with E-state index >= 15 is 0 Å². The number of para-hydroxylation sites is 1. The predicted molar refractivity (Wildman–Crippen MR) is 135 cm³/mol. The summed E-state index contributed by atoms with van der Waals surface area (Å²) in [4.78, 5) is 55.8. The number of nitrogens with one attached hydrogen (secondary N) is 1. The molecular weight excluding hydrogens is 462 g/mol. The molecule has 35 heavy (non-hydrogen) atoms. The van der Waals surface area contributed by atoms with Gasteiger partial charge >= 0.3 is 0 Å². The lowest BCUT2D eigenvalue weighted by Gasteiger charge is -2.29. The number of hydrogen-bond donors (Lipinski definition) is 1. The minimum Gasteiger partial charge on any atom is -0.335 e. The van der Waals surface area contributed by atoms with Crippen LogP contribution in [0.4, 0.5) is 5.69 Å². The van der Waals surface area contributed by atoms with Crippen LogP contribution in [0.15, 0.2) is 83.8 Å². The van der Waals surface area contributed by atoms with Gasteiger partial charge in [0.15, 0.2) is 0 Å². The number of likely N-dealkylation sites (N-methyl/N-ethyl adjacent to an activating group) is 1. The molecule has 0 bridgehead atoms. The first kappa shape index (κ1) is 24.2. The Hall–Kier alpha value is -3.91. The number of fused-ring (bicyclic) bond motifs is 1. The summed E-state index contributed by atoms with van der Waals surface area (Å²) in [6.45, 7) is -0.226. The topological polar surface area (TPSA) is 86.8 Å². The average Bonchev–Trinajstić information content (AvgIpc) is 3.13. The van der Waals surface area contributed by atoms with E-state index in [9.17, 15) is 19.2 Å². The van der Waals surface area contributed by atoms with Crippen molar-refractivity contribution in [3.05, 3.63) is 95.6 Å². The van der Waals surface area contributed by atoms with Crippen LogP contribution in [-0.4, -0.2) is 59.3 Å². The highest BCUT2D eigenvalue weighted by atomic mass is 32.2. The van der Waals surface area contributed by atoms with Gasteiger partial charge in [-0.2, -0.15) is 0 Å².